The van der Waals surface area contributed by atoms with Gasteiger partial charge in [-0.15, -0.1) is 0 Å². The Bertz CT molecular complexity index is 226. The Balaban J connectivity index is 2.02. The molecule has 1 atom stereocenters. The fraction of sp³-hybridized carbons (Fsp3) is 1.00. The van der Waals surface area contributed by atoms with E-state index in [9.17, 15) is 0 Å². The monoisotopic (exact) mass is 297 g/mol. The molecule has 2 heteroatoms. The van der Waals surface area contributed by atoms with Gasteiger partial charge in [-0.2, -0.15) is 0 Å². The highest BCUT2D eigenvalue weighted by Crippen LogP contribution is 2.34. The molecule has 1 rings (SSSR count). The Morgan fingerprint density at radius 1 is 0.952 bits per heavy atom. The third-order valence-electron chi connectivity index (χ3n) is 4.86. The molecule has 0 bridgehead atoms. The fourth-order valence-corrected chi connectivity index (χ4v) is 3.58. The Hall–Kier alpha value is -0.0800. The average molecular weight is 298 g/mol. The van der Waals surface area contributed by atoms with Crippen LogP contribution in [0.1, 0.15) is 91.4 Å². The maximum Gasteiger partial charge on any atom is 0.0580 e. The Morgan fingerprint density at radius 3 is 2.24 bits per heavy atom. The standard InChI is InChI=1S/C19H39NO/c1-4-7-8-9-10-11-12-13-18(20-5-2)14-17-15-19(16-17)21-6-3/h17-20H,4-16H2,1-3H3. The Labute approximate surface area is 133 Å². The number of nitrogens with one attached hydrogen (secondary N) is 1. The lowest BCUT2D eigenvalue weighted by Crippen LogP contribution is -2.38. The van der Waals surface area contributed by atoms with Crippen LogP contribution in [0.3, 0.4) is 0 Å². The van der Waals surface area contributed by atoms with Gasteiger partial charge in [-0.05, 0) is 45.1 Å². The topological polar surface area (TPSA) is 21.3 Å². The van der Waals surface area contributed by atoms with E-state index in [0.29, 0.717) is 6.10 Å². The molecule has 0 radical (unpaired) electrons. The van der Waals surface area contributed by atoms with Crippen LogP contribution in [0.25, 0.3) is 0 Å². The third kappa shape index (κ3) is 8.83. The van der Waals surface area contributed by atoms with Gasteiger partial charge in [-0.25, -0.2) is 0 Å². The van der Waals surface area contributed by atoms with Crippen molar-refractivity contribution in [2.24, 2.45) is 5.92 Å². The highest BCUT2D eigenvalue weighted by molar-refractivity contribution is 4.84. The van der Waals surface area contributed by atoms with Crippen molar-refractivity contribution in [1.82, 2.24) is 5.32 Å². The van der Waals surface area contributed by atoms with Crippen LogP contribution in [0.4, 0.5) is 0 Å². The molecule has 1 saturated carbocycles. The maximum absolute atomic E-state index is 5.67. The lowest BCUT2D eigenvalue weighted by atomic mass is 9.77. The van der Waals surface area contributed by atoms with E-state index in [1.54, 1.807) is 0 Å². The summed E-state index contributed by atoms with van der Waals surface area (Å²) in [6.07, 6.45) is 15.8. The van der Waals surface area contributed by atoms with Crippen LogP contribution in [-0.4, -0.2) is 25.3 Å². The van der Waals surface area contributed by atoms with E-state index < -0.39 is 0 Å². The molecular formula is C19H39NO. The van der Waals surface area contributed by atoms with Gasteiger partial charge in [-0.1, -0.05) is 58.8 Å². The Kier molecular flexibility index (Phi) is 11.3. The van der Waals surface area contributed by atoms with Crippen LogP contribution >= 0.6 is 0 Å². The average Bonchev–Trinajstić information content (AvgIpc) is 2.44. The zero-order valence-electron chi connectivity index (χ0n) is 14.8. The van der Waals surface area contributed by atoms with Gasteiger partial charge in [0.15, 0.2) is 0 Å². The van der Waals surface area contributed by atoms with Crippen LogP contribution in [0.2, 0.25) is 0 Å². The van der Waals surface area contributed by atoms with Gasteiger partial charge in [0.25, 0.3) is 0 Å². The number of ether oxygens (including phenoxy) is 1. The number of unbranched alkanes of at least 4 members (excludes halogenated alkanes) is 6. The summed E-state index contributed by atoms with van der Waals surface area (Å²) in [6, 6.07) is 0.748. The molecule has 0 amide bonds. The summed E-state index contributed by atoms with van der Waals surface area (Å²) in [5.41, 5.74) is 0. The highest BCUT2D eigenvalue weighted by atomic mass is 16.5. The maximum atomic E-state index is 5.67. The zero-order valence-corrected chi connectivity index (χ0v) is 14.8. The number of rotatable bonds is 14. The van der Waals surface area contributed by atoms with Crippen molar-refractivity contribution < 1.29 is 4.74 Å². The minimum Gasteiger partial charge on any atom is -0.378 e. The molecular weight excluding hydrogens is 258 g/mol. The SMILES string of the molecule is CCCCCCCCCC(CC1CC(OCC)C1)NCC. The van der Waals surface area contributed by atoms with Crippen molar-refractivity contribution in [3.8, 4) is 0 Å². The van der Waals surface area contributed by atoms with Gasteiger partial charge in [-0.3, -0.25) is 0 Å². The third-order valence-corrected chi connectivity index (χ3v) is 4.86. The summed E-state index contributed by atoms with van der Waals surface area (Å²) in [5, 5.41) is 3.70. The van der Waals surface area contributed by atoms with E-state index in [0.717, 1.165) is 25.1 Å². The number of hydrogen-bond donors (Lipinski definition) is 1. The molecule has 126 valence electrons. The largest absolute Gasteiger partial charge is 0.378 e. The second kappa shape index (κ2) is 12.5. The van der Waals surface area contributed by atoms with Gasteiger partial charge < -0.3 is 10.1 Å². The van der Waals surface area contributed by atoms with E-state index in [-0.39, 0.29) is 0 Å². The molecule has 0 aromatic carbocycles. The van der Waals surface area contributed by atoms with Gasteiger partial charge in [0.2, 0.25) is 0 Å². The number of hydrogen-bond acceptors (Lipinski definition) is 2. The first-order valence-corrected chi connectivity index (χ1v) is 9.65. The summed E-state index contributed by atoms with van der Waals surface area (Å²) in [7, 11) is 0. The predicted molar refractivity (Wildman–Crippen MR) is 92.8 cm³/mol. The van der Waals surface area contributed by atoms with Gasteiger partial charge >= 0.3 is 0 Å². The second-order valence-electron chi connectivity index (χ2n) is 6.82. The van der Waals surface area contributed by atoms with E-state index >= 15 is 0 Å². The fourth-order valence-electron chi connectivity index (χ4n) is 3.58. The first-order valence-electron chi connectivity index (χ1n) is 9.65. The molecule has 21 heavy (non-hydrogen) atoms. The smallest absolute Gasteiger partial charge is 0.0580 e. The Morgan fingerprint density at radius 2 is 1.62 bits per heavy atom. The summed E-state index contributed by atoms with van der Waals surface area (Å²) in [6.45, 7) is 8.63. The molecule has 0 saturated heterocycles. The van der Waals surface area contributed by atoms with Gasteiger partial charge in [0, 0.05) is 12.6 Å². The quantitative estimate of drug-likeness (QED) is 0.439. The molecule has 1 aliphatic carbocycles. The minimum atomic E-state index is 0.570. The molecule has 1 N–H and O–H groups in total. The van der Waals surface area contributed by atoms with E-state index in [1.807, 2.05) is 0 Å². The molecule has 1 fully saturated rings. The zero-order chi connectivity index (χ0) is 15.3. The summed E-state index contributed by atoms with van der Waals surface area (Å²) in [5.74, 6) is 0.912. The van der Waals surface area contributed by atoms with Crippen LogP contribution in [-0.2, 0) is 4.74 Å². The van der Waals surface area contributed by atoms with E-state index in [2.05, 4.69) is 26.1 Å². The van der Waals surface area contributed by atoms with Crippen molar-refractivity contribution in [2.45, 2.75) is 104 Å². The first kappa shape index (κ1) is 19.0. The molecule has 2 nitrogen and oxygen atoms in total. The lowest BCUT2D eigenvalue weighted by molar-refractivity contribution is -0.0292. The molecule has 1 unspecified atom stereocenters. The second-order valence-corrected chi connectivity index (χ2v) is 6.82. The highest BCUT2D eigenvalue weighted by Gasteiger charge is 2.30. The van der Waals surface area contributed by atoms with Crippen molar-refractivity contribution in [1.29, 1.82) is 0 Å². The van der Waals surface area contributed by atoms with Gasteiger partial charge in [0.1, 0.15) is 0 Å². The lowest BCUT2D eigenvalue weighted by Gasteiger charge is -2.37. The first-order chi connectivity index (χ1) is 10.3. The summed E-state index contributed by atoms with van der Waals surface area (Å²) in [4.78, 5) is 0. The van der Waals surface area contributed by atoms with Crippen LogP contribution in [0.5, 0.6) is 0 Å². The molecule has 0 spiro atoms. The van der Waals surface area contributed by atoms with E-state index in [4.69, 9.17) is 4.74 Å². The van der Waals surface area contributed by atoms with Crippen LogP contribution in [0.15, 0.2) is 0 Å². The minimum absolute atomic E-state index is 0.570. The molecule has 0 aromatic rings. The van der Waals surface area contributed by atoms with Crippen molar-refractivity contribution in [3.63, 3.8) is 0 Å². The predicted octanol–water partition coefficient (Wildman–Crippen LogP) is 5.31. The van der Waals surface area contributed by atoms with Crippen molar-refractivity contribution >= 4 is 0 Å². The van der Waals surface area contributed by atoms with E-state index in [1.165, 1.54) is 70.6 Å². The molecule has 0 heterocycles. The summed E-state index contributed by atoms with van der Waals surface area (Å²) >= 11 is 0. The van der Waals surface area contributed by atoms with Gasteiger partial charge in [0.05, 0.1) is 6.10 Å². The normalized spacial score (nSPS) is 23.0. The van der Waals surface area contributed by atoms with Crippen molar-refractivity contribution in [3.05, 3.63) is 0 Å². The molecule has 1 aliphatic rings. The van der Waals surface area contributed by atoms with Crippen LogP contribution in [0, 0.1) is 5.92 Å². The van der Waals surface area contributed by atoms with Crippen molar-refractivity contribution in [2.75, 3.05) is 13.2 Å². The molecule has 0 aromatic heterocycles. The molecule has 0 aliphatic heterocycles. The van der Waals surface area contributed by atoms with Crippen LogP contribution < -0.4 is 5.32 Å². The summed E-state index contributed by atoms with van der Waals surface area (Å²) < 4.78 is 5.67.